The van der Waals surface area contributed by atoms with Crippen molar-refractivity contribution < 1.29 is 4.79 Å². The van der Waals surface area contributed by atoms with E-state index in [0.717, 1.165) is 29.8 Å². The van der Waals surface area contributed by atoms with Gasteiger partial charge in [-0.2, -0.15) is 11.3 Å². The van der Waals surface area contributed by atoms with E-state index in [4.69, 9.17) is 0 Å². The number of carbonyl (C=O) groups excluding carboxylic acids is 1. The number of aromatic nitrogens is 2. The van der Waals surface area contributed by atoms with Crippen LogP contribution < -0.4 is 5.32 Å². The predicted molar refractivity (Wildman–Crippen MR) is 81.3 cm³/mol. The van der Waals surface area contributed by atoms with Crippen molar-refractivity contribution in [3.8, 4) is 11.3 Å². The molecule has 2 aromatic rings. The molecule has 0 fully saturated rings. The van der Waals surface area contributed by atoms with E-state index in [0.29, 0.717) is 6.54 Å². The van der Waals surface area contributed by atoms with E-state index < -0.39 is 0 Å². The average Bonchev–Trinajstić information content (AvgIpc) is 3.01. The molecule has 0 unspecified atom stereocenters. The van der Waals surface area contributed by atoms with Crippen LogP contribution in [-0.4, -0.2) is 15.9 Å². The van der Waals surface area contributed by atoms with Gasteiger partial charge >= 0.3 is 0 Å². The number of carbonyl (C=O) groups is 1. The largest absolute Gasteiger partial charge is 0.350 e. The quantitative estimate of drug-likeness (QED) is 0.888. The molecule has 0 spiro atoms. The van der Waals surface area contributed by atoms with Crippen LogP contribution in [0.4, 0.5) is 0 Å². The van der Waals surface area contributed by atoms with Gasteiger partial charge in [-0.25, -0.2) is 0 Å². The number of amides is 1. The molecular formula is C15H19N3OS. The van der Waals surface area contributed by atoms with Gasteiger partial charge in [-0.05, 0) is 24.3 Å². The average molecular weight is 289 g/mol. The van der Waals surface area contributed by atoms with Crippen LogP contribution in [0.5, 0.6) is 0 Å². The molecule has 2 heterocycles. The Morgan fingerprint density at radius 3 is 2.70 bits per heavy atom. The monoisotopic (exact) mass is 289 g/mol. The Bertz CT molecular complexity index is 550. The number of nitrogens with zero attached hydrogens (tertiary/aromatic N) is 2. The Labute approximate surface area is 123 Å². The minimum atomic E-state index is 0.0799. The van der Waals surface area contributed by atoms with Crippen LogP contribution in [0.15, 0.2) is 29.2 Å². The van der Waals surface area contributed by atoms with Gasteiger partial charge in [0, 0.05) is 29.3 Å². The lowest BCUT2D eigenvalue weighted by molar-refractivity contribution is -0.125. The zero-order chi connectivity index (χ0) is 14.4. The molecule has 0 saturated heterocycles. The number of thiophene rings is 1. The summed E-state index contributed by atoms with van der Waals surface area (Å²) in [5, 5.41) is 7.01. The third kappa shape index (κ3) is 3.42. The van der Waals surface area contributed by atoms with Gasteiger partial charge in [-0.3, -0.25) is 14.8 Å². The topological polar surface area (TPSA) is 54.9 Å². The van der Waals surface area contributed by atoms with Crippen molar-refractivity contribution in [3.05, 3.63) is 34.9 Å². The summed E-state index contributed by atoms with van der Waals surface area (Å²) < 4.78 is 0. The summed E-state index contributed by atoms with van der Waals surface area (Å²) >= 11 is 1.62. The Morgan fingerprint density at radius 1 is 1.30 bits per heavy atom. The van der Waals surface area contributed by atoms with Gasteiger partial charge in [0.15, 0.2) is 0 Å². The maximum Gasteiger partial charge on any atom is 0.223 e. The molecule has 0 aromatic carbocycles. The summed E-state index contributed by atoms with van der Waals surface area (Å²) in [7, 11) is 0. The first-order valence-electron chi connectivity index (χ1n) is 6.86. The molecule has 2 rings (SSSR count). The third-order valence-corrected chi connectivity index (χ3v) is 4.04. The van der Waals surface area contributed by atoms with Crippen LogP contribution in [0.1, 0.15) is 32.4 Å². The van der Waals surface area contributed by atoms with Crippen LogP contribution in [0.3, 0.4) is 0 Å². The molecule has 0 bridgehead atoms. The van der Waals surface area contributed by atoms with E-state index in [1.807, 2.05) is 30.7 Å². The zero-order valence-corrected chi connectivity index (χ0v) is 12.6. The maximum atomic E-state index is 12.0. The first-order chi connectivity index (χ1) is 9.76. The van der Waals surface area contributed by atoms with Crippen LogP contribution >= 0.6 is 11.3 Å². The SMILES string of the molecule is CCC(CC)C(=O)NCc1nccnc1-c1ccsc1. The van der Waals surface area contributed by atoms with Crippen LogP contribution in [0, 0.1) is 5.92 Å². The van der Waals surface area contributed by atoms with E-state index >= 15 is 0 Å². The first-order valence-corrected chi connectivity index (χ1v) is 7.80. The molecule has 0 saturated carbocycles. The van der Waals surface area contributed by atoms with Crippen molar-refractivity contribution in [1.82, 2.24) is 15.3 Å². The lowest BCUT2D eigenvalue weighted by atomic mass is 10.0. The van der Waals surface area contributed by atoms with Gasteiger partial charge in [0.25, 0.3) is 0 Å². The normalized spacial score (nSPS) is 10.8. The van der Waals surface area contributed by atoms with Gasteiger partial charge in [-0.15, -0.1) is 0 Å². The van der Waals surface area contributed by atoms with Crippen molar-refractivity contribution in [2.75, 3.05) is 0 Å². The fourth-order valence-corrected chi connectivity index (χ4v) is 2.75. The molecule has 2 aromatic heterocycles. The molecule has 1 N–H and O–H groups in total. The zero-order valence-electron chi connectivity index (χ0n) is 11.8. The van der Waals surface area contributed by atoms with Gasteiger partial charge < -0.3 is 5.32 Å². The van der Waals surface area contributed by atoms with Crippen LogP contribution in [0.25, 0.3) is 11.3 Å². The fourth-order valence-electron chi connectivity index (χ4n) is 2.11. The summed E-state index contributed by atoms with van der Waals surface area (Å²) in [6.07, 6.45) is 5.06. The summed E-state index contributed by atoms with van der Waals surface area (Å²) in [4.78, 5) is 20.7. The van der Waals surface area contributed by atoms with Crippen molar-refractivity contribution in [2.45, 2.75) is 33.2 Å². The van der Waals surface area contributed by atoms with E-state index in [1.54, 1.807) is 23.7 Å². The molecule has 0 aliphatic heterocycles. The van der Waals surface area contributed by atoms with Crippen molar-refractivity contribution in [1.29, 1.82) is 0 Å². The lowest BCUT2D eigenvalue weighted by Crippen LogP contribution is -2.30. The number of hydrogen-bond acceptors (Lipinski definition) is 4. The molecule has 0 aliphatic rings. The second-order valence-corrected chi connectivity index (χ2v) is 5.37. The summed E-state index contributed by atoms with van der Waals surface area (Å²) in [6.45, 7) is 4.49. The van der Waals surface area contributed by atoms with E-state index in [-0.39, 0.29) is 11.8 Å². The lowest BCUT2D eigenvalue weighted by Gasteiger charge is -2.13. The van der Waals surface area contributed by atoms with Gasteiger partial charge in [0.05, 0.1) is 17.9 Å². The van der Waals surface area contributed by atoms with Gasteiger partial charge in [0.2, 0.25) is 5.91 Å². The number of hydrogen-bond donors (Lipinski definition) is 1. The summed E-state index contributed by atoms with van der Waals surface area (Å²) in [6, 6.07) is 2.01. The highest BCUT2D eigenvalue weighted by molar-refractivity contribution is 7.08. The Hall–Kier alpha value is -1.75. The molecule has 4 nitrogen and oxygen atoms in total. The Kier molecular flexibility index (Phi) is 5.24. The van der Waals surface area contributed by atoms with E-state index in [2.05, 4.69) is 15.3 Å². The van der Waals surface area contributed by atoms with Crippen molar-refractivity contribution >= 4 is 17.2 Å². The van der Waals surface area contributed by atoms with E-state index in [1.165, 1.54) is 0 Å². The van der Waals surface area contributed by atoms with Crippen LogP contribution in [0.2, 0.25) is 0 Å². The second-order valence-electron chi connectivity index (χ2n) is 4.59. The number of rotatable bonds is 6. The molecule has 0 aliphatic carbocycles. The highest BCUT2D eigenvalue weighted by Gasteiger charge is 2.15. The summed E-state index contributed by atoms with van der Waals surface area (Å²) in [5.41, 5.74) is 2.71. The molecule has 0 atom stereocenters. The molecule has 0 radical (unpaired) electrons. The van der Waals surface area contributed by atoms with Gasteiger partial charge in [-0.1, -0.05) is 13.8 Å². The van der Waals surface area contributed by atoms with Crippen molar-refractivity contribution in [3.63, 3.8) is 0 Å². The Balaban J connectivity index is 2.09. The fraction of sp³-hybridized carbons (Fsp3) is 0.400. The van der Waals surface area contributed by atoms with Gasteiger partial charge in [0.1, 0.15) is 0 Å². The third-order valence-electron chi connectivity index (χ3n) is 3.36. The molecular weight excluding hydrogens is 270 g/mol. The predicted octanol–water partition coefficient (Wildman–Crippen LogP) is 3.26. The minimum absolute atomic E-state index is 0.0799. The van der Waals surface area contributed by atoms with E-state index in [9.17, 15) is 4.79 Å². The molecule has 1 amide bonds. The summed E-state index contributed by atoms with van der Waals surface area (Å²) in [5.74, 6) is 0.174. The number of nitrogens with one attached hydrogen (secondary N) is 1. The molecule has 106 valence electrons. The standard InChI is InChI=1S/C15H19N3OS/c1-3-11(4-2)15(19)18-9-13-14(17-7-6-16-13)12-5-8-20-10-12/h5-8,10-11H,3-4,9H2,1-2H3,(H,18,19). The maximum absolute atomic E-state index is 12.0. The first kappa shape index (κ1) is 14.7. The highest BCUT2D eigenvalue weighted by Crippen LogP contribution is 2.22. The molecule has 20 heavy (non-hydrogen) atoms. The second kappa shape index (κ2) is 7.14. The highest BCUT2D eigenvalue weighted by atomic mass is 32.1. The molecule has 5 heteroatoms. The van der Waals surface area contributed by atoms with Crippen molar-refractivity contribution in [2.24, 2.45) is 5.92 Å². The Morgan fingerprint density at radius 2 is 2.05 bits per heavy atom. The smallest absolute Gasteiger partial charge is 0.223 e. The minimum Gasteiger partial charge on any atom is -0.350 e. The van der Waals surface area contributed by atoms with Crippen LogP contribution in [-0.2, 0) is 11.3 Å².